The van der Waals surface area contributed by atoms with Crippen LogP contribution in [0.15, 0.2) is 85.2 Å². The Kier molecular flexibility index (Phi) is 5.42. The molecule has 0 radical (unpaired) electrons. The number of pyridine rings is 1. The summed E-state index contributed by atoms with van der Waals surface area (Å²) in [6, 6.07) is 23.0. The van der Waals surface area contributed by atoms with Crippen LogP contribution < -0.4 is 10.2 Å². The first-order valence-corrected chi connectivity index (χ1v) is 11.6. The normalized spacial score (nSPS) is 13.4. The molecular formula is C27H21N7O2. The van der Waals surface area contributed by atoms with Crippen LogP contribution in [-0.4, -0.2) is 37.0 Å². The second-order valence-electron chi connectivity index (χ2n) is 8.52. The lowest BCUT2D eigenvalue weighted by Gasteiger charge is -2.23. The highest BCUT2D eigenvalue weighted by molar-refractivity contribution is 6.21. The first-order chi connectivity index (χ1) is 17.7. The third kappa shape index (κ3) is 3.96. The van der Waals surface area contributed by atoms with Gasteiger partial charge in [-0.05, 0) is 64.2 Å². The Morgan fingerprint density at radius 1 is 0.861 bits per heavy atom. The fourth-order valence-electron chi connectivity index (χ4n) is 4.50. The number of nitrogens with zero attached hydrogens (tertiary/aromatic N) is 6. The Morgan fingerprint density at radius 3 is 2.53 bits per heavy atom. The number of nitrogens with one attached hydrogen (secondary N) is 1. The predicted molar refractivity (Wildman–Crippen MR) is 135 cm³/mol. The number of amides is 2. The molecule has 0 saturated heterocycles. The molecule has 3 heterocycles. The summed E-state index contributed by atoms with van der Waals surface area (Å²) in [6.45, 7) is 0. The lowest BCUT2D eigenvalue weighted by atomic mass is 10.1. The Morgan fingerprint density at radius 2 is 1.69 bits per heavy atom. The number of hydrogen-bond donors (Lipinski definition) is 1. The van der Waals surface area contributed by atoms with Crippen LogP contribution in [0, 0.1) is 0 Å². The number of tetrazole rings is 1. The van der Waals surface area contributed by atoms with Crippen LogP contribution in [0.5, 0.6) is 0 Å². The van der Waals surface area contributed by atoms with Crippen molar-refractivity contribution in [2.45, 2.75) is 19.3 Å². The van der Waals surface area contributed by atoms with Gasteiger partial charge in [-0.25, -0.2) is 0 Å². The van der Waals surface area contributed by atoms with Gasteiger partial charge in [0.05, 0.1) is 17.1 Å². The van der Waals surface area contributed by atoms with Gasteiger partial charge in [0.25, 0.3) is 0 Å². The van der Waals surface area contributed by atoms with Crippen molar-refractivity contribution in [2.75, 3.05) is 10.2 Å². The smallest absolute Gasteiger partial charge is 0.241 e. The summed E-state index contributed by atoms with van der Waals surface area (Å²) in [5.41, 5.74) is 3.81. The molecule has 0 saturated carbocycles. The second kappa shape index (κ2) is 9.03. The first-order valence-electron chi connectivity index (χ1n) is 11.6. The van der Waals surface area contributed by atoms with E-state index in [9.17, 15) is 9.59 Å². The van der Waals surface area contributed by atoms with Crippen molar-refractivity contribution < 1.29 is 9.59 Å². The summed E-state index contributed by atoms with van der Waals surface area (Å²) in [6.07, 6.45) is 4.76. The molecule has 1 N–H and O–H groups in total. The number of aromatic nitrogens is 5. The number of fused-ring (bicyclic) bond motifs is 3. The maximum absolute atomic E-state index is 13.1. The van der Waals surface area contributed by atoms with Crippen LogP contribution in [0.25, 0.3) is 16.5 Å². The number of carbonyl (C=O) groups excluding carboxylic acids is 2. The van der Waals surface area contributed by atoms with Gasteiger partial charge in [0.15, 0.2) is 5.82 Å². The Labute approximate surface area is 206 Å². The highest BCUT2D eigenvalue weighted by Crippen LogP contribution is 2.40. The zero-order valence-corrected chi connectivity index (χ0v) is 19.2. The molecular weight excluding hydrogens is 454 g/mol. The molecule has 3 aromatic carbocycles. The topological polar surface area (TPSA) is 106 Å². The SMILES string of the molecule is O=C1CC(=O)N(c2ccc(-n3nnnc3CCc3cccnc3)cc2)c2ccc3ccccc3c2N1. The lowest BCUT2D eigenvalue weighted by molar-refractivity contribution is -0.124. The van der Waals surface area contributed by atoms with Gasteiger partial charge in [0, 0.05) is 29.9 Å². The van der Waals surface area contributed by atoms with Gasteiger partial charge in [-0.2, -0.15) is 4.68 Å². The number of aryl methyl sites for hydroxylation is 2. The summed E-state index contributed by atoms with van der Waals surface area (Å²) in [5, 5.41) is 17.0. The van der Waals surface area contributed by atoms with Crippen LogP contribution in [0.3, 0.4) is 0 Å². The van der Waals surface area contributed by atoms with Gasteiger partial charge in [-0.15, -0.1) is 5.10 Å². The molecule has 0 unspecified atom stereocenters. The maximum Gasteiger partial charge on any atom is 0.241 e. The Balaban J connectivity index is 1.33. The van der Waals surface area contributed by atoms with Crippen LogP contribution in [0.4, 0.5) is 17.1 Å². The molecule has 0 spiro atoms. The molecule has 176 valence electrons. The molecule has 9 nitrogen and oxygen atoms in total. The maximum atomic E-state index is 13.1. The number of benzene rings is 3. The van der Waals surface area contributed by atoms with Crippen LogP contribution >= 0.6 is 0 Å². The minimum absolute atomic E-state index is 0.240. The van der Waals surface area contributed by atoms with E-state index in [2.05, 4.69) is 25.8 Å². The summed E-state index contributed by atoms with van der Waals surface area (Å²) in [7, 11) is 0. The average Bonchev–Trinajstić information content (AvgIpc) is 3.33. The largest absolute Gasteiger partial charge is 0.323 e. The molecule has 1 aliphatic heterocycles. The Bertz CT molecular complexity index is 1580. The molecule has 0 bridgehead atoms. The van der Waals surface area contributed by atoms with Gasteiger partial charge in [0.1, 0.15) is 6.42 Å². The second-order valence-corrected chi connectivity index (χ2v) is 8.52. The van der Waals surface area contributed by atoms with E-state index in [0.29, 0.717) is 23.5 Å². The zero-order valence-electron chi connectivity index (χ0n) is 19.2. The summed E-state index contributed by atoms with van der Waals surface area (Å²) in [5.74, 6) is 0.0987. The third-order valence-corrected chi connectivity index (χ3v) is 6.22. The molecule has 9 heteroatoms. The molecule has 0 fully saturated rings. The standard InChI is InChI=1S/C27H21N7O2/c35-25-16-26(36)33(23-13-8-19-5-1-2-6-22(19)27(23)29-25)20-9-11-21(12-10-20)34-24(30-31-32-34)14-7-18-4-3-15-28-17-18/h1-6,8-13,15,17H,7,14,16H2,(H,29,35). The van der Waals surface area contributed by atoms with Crippen LogP contribution in [-0.2, 0) is 22.4 Å². The quantitative estimate of drug-likeness (QED) is 0.385. The third-order valence-electron chi connectivity index (χ3n) is 6.22. The van der Waals surface area contributed by atoms with E-state index in [-0.39, 0.29) is 18.2 Å². The monoisotopic (exact) mass is 475 g/mol. The highest BCUT2D eigenvalue weighted by Gasteiger charge is 2.28. The fraction of sp³-hybridized carbons (Fsp3) is 0.111. The lowest BCUT2D eigenvalue weighted by Crippen LogP contribution is -2.26. The van der Waals surface area contributed by atoms with Crippen molar-refractivity contribution in [1.82, 2.24) is 25.2 Å². The summed E-state index contributed by atoms with van der Waals surface area (Å²) >= 11 is 0. The molecule has 5 aromatic rings. The van der Waals surface area contributed by atoms with Gasteiger partial charge in [0.2, 0.25) is 11.8 Å². The molecule has 6 rings (SSSR count). The summed E-state index contributed by atoms with van der Waals surface area (Å²) < 4.78 is 1.69. The molecule has 0 aliphatic carbocycles. The zero-order chi connectivity index (χ0) is 24.5. The molecule has 36 heavy (non-hydrogen) atoms. The van der Waals surface area contributed by atoms with Crippen molar-refractivity contribution in [2.24, 2.45) is 0 Å². The summed E-state index contributed by atoms with van der Waals surface area (Å²) in [4.78, 5) is 31.4. The number of carbonyl (C=O) groups is 2. The van der Waals surface area contributed by atoms with Crippen molar-refractivity contribution in [3.05, 3.63) is 96.6 Å². The van der Waals surface area contributed by atoms with E-state index in [0.717, 1.165) is 34.3 Å². The molecule has 0 atom stereocenters. The van der Waals surface area contributed by atoms with E-state index in [1.807, 2.05) is 79.0 Å². The Hall–Kier alpha value is -4.92. The van der Waals surface area contributed by atoms with E-state index >= 15 is 0 Å². The number of hydrogen-bond acceptors (Lipinski definition) is 6. The van der Waals surface area contributed by atoms with Gasteiger partial charge < -0.3 is 5.32 Å². The van der Waals surface area contributed by atoms with E-state index in [1.165, 1.54) is 0 Å². The molecule has 2 aromatic heterocycles. The first kappa shape index (κ1) is 21.6. The van der Waals surface area contributed by atoms with Gasteiger partial charge >= 0.3 is 0 Å². The van der Waals surface area contributed by atoms with E-state index in [1.54, 1.807) is 15.8 Å². The molecule has 2 amide bonds. The highest BCUT2D eigenvalue weighted by atomic mass is 16.2. The van der Waals surface area contributed by atoms with Crippen molar-refractivity contribution in [3.63, 3.8) is 0 Å². The molecule has 1 aliphatic rings. The average molecular weight is 476 g/mol. The van der Waals surface area contributed by atoms with Gasteiger partial charge in [-0.1, -0.05) is 36.4 Å². The van der Waals surface area contributed by atoms with Crippen molar-refractivity contribution in [1.29, 1.82) is 0 Å². The number of rotatable bonds is 5. The number of anilines is 3. The minimum Gasteiger partial charge on any atom is -0.323 e. The van der Waals surface area contributed by atoms with E-state index < -0.39 is 0 Å². The van der Waals surface area contributed by atoms with E-state index in [4.69, 9.17) is 0 Å². The van der Waals surface area contributed by atoms with Crippen molar-refractivity contribution >= 4 is 39.6 Å². The van der Waals surface area contributed by atoms with Crippen molar-refractivity contribution in [3.8, 4) is 5.69 Å². The fourth-order valence-corrected chi connectivity index (χ4v) is 4.50. The van der Waals surface area contributed by atoms with Crippen LogP contribution in [0.2, 0.25) is 0 Å². The van der Waals surface area contributed by atoms with Crippen LogP contribution in [0.1, 0.15) is 17.8 Å². The predicted octanol–water partition coefficient (Wildman–Crippen LogP) is 4.00. The minimum atomic E-state index is -0.330. The van der Waals surface area contributed by atoms with Gasteiger partial charge in [-0.3, -0.25) is 19.5 Å².